The monoisotopic (exact) mass is 194 g/mol. The number of aliphatic hydroxyl groups excluding tert-OH is 1. The first-order valence-corrected chi connectivity index (χ1v) is 4.25. The zero-order valence-electron chi connectivity index (χ0n) is 8.41. The molecule has 1 aromatic carbocycles. The molecule has 76 valence electrons. The standard InChI is InChI=1S/C11H14O3/c1-4-9-10(13-2)5-8(7-12)6-11(9)14-3/h4-6,12H,1,7H2,2-3H3. The first-order chi connectivity index (χ1) is 6.76. The van der Waals surface area contributed by atoms with Crippen LogP contribution in [0.1, 0.15) is 11.1 Å². The van der Waals surface area contributed by atoms with Gasteiger partial charge in [-0.15, -0.1) is 0 Å². The molecule has 0 aromatic heterocycles. The fourth-order valence-corrected chi connectivity index (χ4v) is 1.29. The van der Waals surface area contributed by atoms with E-state index in [0.29, 0.717) is 11.5 Å². The van der Waals surface area contributed by atoms with Crippen molar-refractivity contribution in [3.63, 3.8) is 0 Å². The van der Waals surface area contributed by atoms with Gasteiger partial charge < -0.3 is 14.6 Å². The Morgan fingerprint density at radius 2 is 1.79 bits per heavy atom. The molecule has 0 saturated heterocycles. The maximum atomic E-state index is 9.00. The number of hydrogen-bond acceptors (Lipinski definition) is 3. The molecule has 0 radical (unpaired) electrons. The van der Waals surface area contributed by atoms with Gasteiger partial charge in [-0.05, 0) is 17.7 Å². The maximum absolute atomic E-state index is 9.00. The van der Waals surface area contributed by atoms with Crippen molar-refractivity contribution < 1.29 is 14.6 Å². The molecule has 0 atom stereocenters. The van der Waals surface area contributed by atoms with Gasteiger partial charge in [-0.25, -0.2) is 0 Å². The lowest BCUT2D eigenvalue weighted by molar-refractivity contribution is 0.280. The quantitative estimate of drug-likeness (QED) is 0.794. The van der Waals surface area contributed by atoms with Crippen LogP contribution in [0.3, 0.4) is 0 Å². The van der Waals surface area contributed by atoms with Gasteiger partial charge in [0.1, 0.15) is 11.5 Å². The molecule has 0 bridgehead atoms. The minimum absolute atomic E-state index is 0.0376. The van der Waals surface area contributed by atoms with Gasteiger partial charge in [-0.1, -0.05) is 12.7 Å². The van der Waals surface area contributed by atoms with Crippen LogP contribution in [0.25, 0.3) is 6.08 Å². The Bertz CT molecular complexity index is 306. The first kappa shape index (κ1) is 10.6. The largest absolute Gasteiger partial charge is 0.496 e. The minimum Gasteiger partial charge on any atom is -0.496 e. The molecule has 0 aliphatic rings. The highest BCUT2D eigenvalue weighted by Crippen LogP contribution is 2.31. The predicted octanol–water partition coefficient (Wildman–Crippen LogP) is 1.84. The molecule has 0 aliphatic heterocycles. The molecular weight excluding hydrogens is 180 g/mol. The van der Waals surface area contributed by atoms with E-state index in [2.05, 4.69) is 6.58 Å². The molecule has 1 N–H and O–H groups in total. The van der Waals surface area contributed by atoms with Gasteiger partial charge >= 0.3 is 0 Å². The van der Waals surface area contributed by atoms with E-state index in [4.69, 9.17) is 14.6 Å². The highest BCUT2D eigenvalue weighted by Gasteiger charge is 2.08. The summed E-state index contributed by atoms with van der Waals surface area (Å²) in [5.41, 5.74) is 1.55. The summed E-state index contributed by atoms with van der Waals surface area (Å²) in [5, 5.41) is 9.00. The average Bonchev–Trinajstić information content (AvgIpc) is 2.26. The number of benzene rings is 1. The smallest absolute Gasteiger partial charge is 0.130 e. The second-order valence-electron chi connectivity index (χ2n) is 2.78. The Balaban J connectivity index is 3.31. The van der Waals surface area contributed by atoms with Crippen LogP contribution < -0.4 is 9.47 Å². The maximum Gasteiger partial charge on any atom is 0.130 e. The van der Waals surface area contributed by atoms with Crippen molar-refractivity contribution in [2.24, 2.45) is 0 Å². The van der Waals surface area contributed by atoms with Gasteiger partial charge in [0.2, 0.25) is 0 Å². The van der Waals surface area contributed by atoms with E-state index in [1.807, 2.05) is 0 Å². The number of methoxy groups -OCH3 is 2. The fraction of sp³-hybridized carbons (Fsp3) is 0.273. The SMILES string of the molecule is C=Cc1c(OC)cc(CO)cc1OC. The first-order valence-electron chi connectivity index (χ1n) is 4.25. The van der Waals surface area contributed by atoms with E-state index >= 15 is 0 Å². The van der Waals surface area contributed by atoms with Crippen LogP contribution in [0, 0.1) is 0 Å². The predicted molar refractivity (Wildman–Crippen MR) is 55.6 cm³/mol. The zero-order chi connectivity index (χ0) is 10.6. The summed E-state index contributed by atoms with van der Waals surface area (Å²) >= 11 is 0. The molecule has 0 spiro atoms. The Morgan fingerprint density at radius 1 is 1.29 bits per heavy atom. The van der Waals surface area contributed by atoms with Gasteiger partial charge in [0.05, 0.1) is 26.4 Å². The zero-order valence-corrected chi connectivity index (χ0v) is 8.41. The number of aliphatic hydroxyl groups is 1. The number of ether oxygens (including phenoxy) is 2. The number of hydrogen-bond donors (Lipinski definition) is 1. The lowest BCUT2D eigenvalue weighted by Gasteiger charge is -2.11. The lowest BCUT2D eigenvalue weighted by atomic mass is 10.1. The molecule has 0 fully saturated rings. The highest BCUT2D eigenvalue weighted by molar-refractivity contribution is 5.64. The van der Waals surface area contributed by atoms with Gasteiger partial charge in [-0.2, -0.15) is 0 Å². The molecule has 3 nitrogen and oxygen atoms in total. The van der Waals surface area contributed by atoms with Crippen LogP contribution in [0.15, 0.2) is 18.7 Å². The van der Waals surface area contributed by atoms with Crippen LogP contribution >= 0.6 is 0 Å². The second kappa shape index (κ2) is 4.67. The average molecular weight is 194 g/mol. The molecule has 0 unspecified atom stereocenters. The van der Waals surface area contributed by atoms with Crippen molar-refractivity contribution in [1.82, 2.24) is 0 Å². The third-order valence-electron chi connectivity index (χ3n) is 1.99. The van der Waals surface area contributed by atoms with Crippen molar-refractivity contribution in [2.45, 2.75) is 6.61 Å². The van der Waals surface area contributed by atoms with Crippen molar-refractivity contribution in [3.8, 4) is 11.5 Å². The Kier molecular flexibility index (Phi) is 3.54. The number of rotatable bonds is 4. The molecule has 0 heterocycles. The van der Waals surface area contributed by atoms with E-state index < -0.39 is 0 Å². The fourth-order valence-electron chi connectivity index (χ4n) is 1.29. The molecule has 1 aromatic rings. The third kappa shape index (κ3) is 1.88. The molecule has 1 rings (SSSR count). The van der Waals surface area contributed by atoms with Crippen molar-refractivity contribution >= 4 is 6.08 Å². The topological polar surface area (TPSA) is 38.7 Å². The molecule has 0 aliphatic carbocycles. The molecule has 14 heavy (non-hydrogen) atoms. The highest BCUT2D eigenvalue weighted by atomic mass is 16.5. The van der Waals surface area contributed by atoms with E-state index in [1.165, 1.54) is 0 Å². The van der Waals surface area contributed by atoms with Crippen LogP contribution in [0.2, 0.25) is 0 Å². The van der Waals surface area contributed by atoms with Gasteiger partial charge in [0.15, 0.2) is 0 Å². The van der Waals surface area contributed by atoms with Gasteiger partial charge in [0, 0.05) is 0 Å². The van der Waals surface area contributed by atoms with Crippen LogP contribution in [-0.2, 0) is 6.61 Å². The van der Waals surface area contributed by atoms with Crippen LogP contribution in [-0.4, -0.2) is 19.3 Å². The summed E-state index contributed by atoms with van der Waals surface area (Å²) in [6.07, 6.45) is 1.67. The molecule has 0 amide bonds. The Morgan fingerprint density at radius 3 is 2.07 bits per heavy atom. The van der Waals surface area contributed by atoms with Crippen LogP contribution in [0.5, 0.6) is 11.5 Å². The third-order valence-corrected chi connectivity index (χ3v) is 1.99. The Hall–Kier alpha value is -1.48. The lowest BCUT2D eigenvalue weighted by Crippen LogP contribution is -1.95. The summed E-state index contributed by atoms with van der Waals surface area (Å²) in [5.74, 6) is 1.31. The second-order valence-corrected chi connectivity index (χ2v) is 2.78. The summed E-state index contributed by atoms with van der Waals surface area (Å²) < 4.78 is 10.3. The van der Waals surface area contributed by atoms with Crippen LogP contribution in [0.4, 0.5) is 0 Å². The Labute approximate surface area is 83.6 Å². The summed E-state index contributed by atoms with van der Waals surface area (Å²) in [4.78, 5) is 0. The summed E-state index contributed by atoms with van der Waals surface area (Å²) in [6, 6.07) is 3.53. The van der Waals surface area contributed by atoms with E-state index in [9.17, 15) is 0 Å². The summed E-state index contributed by atoms with van der Waals surface area (Å²) in [6.45, 7) is 3.64. The van der Waals surface area contributed by atoms with E-state index in [-0.39, 0.29) is 6.61 Å². The van der Waals surface area contributed by atoms with Crippen molar-refractivity contribution in [1.29, 1.82) is 0 Å². The van der Waals surface area contributed by atoms with E-state index in [1.54, 1.807) is 32.4 Å². The van der Waals surface area contributed by atoms with Crippen molar-refractivity contribution in [2.75, 3.05) is 14.2 Å². The van der Waals surface area contributed by atoms with Gasteiger partial charge in [-0.3, -0.25) is 0 Å². The molecular formula is C11H14O3. The van der Waals surface area contributed by atoms with E-state index in [0.717, 1.165) is 11.1 Å². The summed E-state index contributed by atoms with van der Waals surface area (Å²) in [7, 11) is 3.14. The normalized spacial score (nSPS) is 9.64. The molecule has 3 heteroatoms. The van der Waals surface area contributed by atoms with Gasteiger partial charge in [0.25, 0.3) is 0 Å². The van der Waals surface area contributed by atoms with Crippen molar-refractivity contribution in [3.05, 3.63) is 29.8 Å². The molecule has 0 saturated carbocycles. The minimum atomic E-state index is -0.0376.